The van der Waals surface area contributed by atoms with Crippen LogP contribution >= 0.6 is 0 Å². The predicted molar refractivity (Wildman–Crippen MR) is 463 cm³/mol. The average Bonchev–Trinajstić information content (AvgIpc) is 0.789. The molecule has 15 nitrogen and oxygen atoms in total. The highest BCUT2D eigenvalue weighted by atomic mass is 16.6. The maximum atomic E-state index is 13.8. The highest BCUT2D eigenvalue weighted by Crippen LogP contribution is 2.37. The molecule has 0 heterocycles. The first-order valence-corrected chi connectivity index (χ1v) is 42.6. The summed E-state index contributed by atoms with van der Waals surface area (Å²) >= 11 is 0. The van der Waals surface area contributed by atoms with Crippen LogP contribution in [0, 0.1) is 0 Å². The molecule has 0 unspecified atom stereocenters. The maximum Gasteiger partial charge on any atom is 0.343 e. The third kappa shape index (κ3) is 30.5. The molecule has 0 spiro atoms. The van der Waals surface area contributed by atoms with E-state index >= 15 is 0 Å². The van der Waals surface area contributed by atoms with Gasteiger partial charge in [-0.3, -0.25) is 0 Å². The molecule has 0 aromatic heterocycles. The van der Waals surface area contributed by atoms with E-state index in [1.807, 2.05) is 36.4 Å². The Bertz CT molecular complexity index is 4200. The van der Waals surface area contributed by atoms with E-state index in [0.29, 0.717) is 87.1 Å². The predicted octanol–water partition coefficient (Wildman–Crippen LogP) is 26.9. The van der Waals surface area contributed by atoms with Gasteiger partial charge in [0.2, 0.25) is 0 Å². The van der Waals surface area contributed by atoms with Crippen molar-refractivity contribution < 1.29 is 71.4 Å². The van der Waals surface area contributed by atoms with Crippen LogP contribution in [-0.4, -0.2) is 55.6 Å². The van der Waals surface area contributed by atoms with Crippen LogP contribution in [0.25, 0.3) is 33.4 Å². The normalized spacial score (nSPS) is 11.0. The zero-order valence-corrected chi connectivity index (χ0v) is 68.5. The summed E-state index contributed by atoms with van der Waals surface area (Å²) in [7, 11) is 0. The molecule has 10 aromatic carbocycles. The Kier molecular flexibility index (Phi) is 37.0. The first-order valence-electron chi connectivity index (χ1n) is 42.6. The Morgan fingerprint density at radius 2 is 0.359 bits per heavy atom. The van der Waals surface area contributed by atoms with Crippen LogP contribution in [0.3, 0.4) is 0 Å². The van der Waals surface area contributed by atoms with Crippen molar-refractivity contribution in [2.45, 2.75) is 213 Å². The van der Waals surface area contributed by atoms with E-state index < -0.39 is 35.8 Å². The average molecular weight is 1580 g/mol. The Hall–Kier alpha value is -11.6. The third-order valence-corrected chi connectivity index (χ3v) is 20.5. The molecule has 0 atom stereocenters. The molecule has 0 saturated heterocycles. The van der Waals surface area contributed by atoms with Crippen LogP contribution in [-0.2, 0) is 0 Å². The van der Waals surface area contributed by atoms with E-state index in [4.69, 9.17) is 42.6 Å². The highest BCUT2D eigenvalue weighted by molar-refractivity contribution is 5.96. The van der Waals surface area contributed by atoms with Crippen LogP contribution in [0.4, 0.5) is 0 Å². The second-order valence-corrected chi connectivity index (χ2v) is 30.0. The van der Waals surface area contributed by atoms with Crippen LogP contribution in [0.2, 0.25) is 0 Å². The molecule has 612 valence electrons. The second kappa shape index (κ2) is 49.4. The fourth-order valence-corrected chi connectivity index (χ4v) is 13.7. The van der Waals surface area contributed by atoms with E-state index in [9.17, 15) is 28.8 Å². The number of carbonyl (C=O) groups excluding carboxylic acids is 6. The van der Waals surface area contributed by atoms with Gasteiger partial charge in [-0.25, -0.2) is 28.8 Å². The fraction of sp³-hybridized carbons (Fsp3) is 0.353. The van der Waals surface area contributed by atoms with Crippen molar-refractivity contribution in [3.8, 4) is 85.1 Å². The molecule has 10 rings (SSSR count). The minimum Gasteiger partial charge on any atom is -0.494 e. The van der Waals surface area contributed by atoms with Gasteiger partial charge >= 0.3 is 35.8 Å². The summed E-state index contributed by atoms with van der Waals surface area (Å²) in [4.78, 5) is 81.1. The monoisotopic (exact) mass is 1580 g/mol. The Morgan fingerprint density at radius 1 is 0.179 bits per heavy atom. The molecule has 10 aromatic rings. The van der Waals surface area contributed by atoms with Gasteiger partial charge in [0.25, 0.3) is 0 Å². The molecule has 0 N–H and O–H groups in total. The number of carbonyl (C=O) groups is 6. The van der Waals surface area contributed by atoms with Gasteiger partial charge in [0.05, 0.1) is 53.2 Å². The number of hydrogen-bond donors (Lipinski definition) is 0. The zero-order chi connectivity index (χ0) is 81.9. The van der Waals surface area contributed by atoms with Crippen molar-refractivity contribution >= 4 is 35.8 Å². The molecule has 0 bridgehead atoms. The number of esters is 6. The number of benzene rings is 10. The van der Waals surface area contributed by atoms with Crippen LogP contribution in [0.5, 0.6) is 51.7 Å². The van der Waals surface area contributed by atoms with Crippen molar-refractivity contribution in [3.63, 3.8) is 0 Å². The van der Waals surface area contributed by atoms with E-state index in [0.717, 1.165) is 38.5 Å². The van der Waals surface area contributed by atoms with E-state index in [1.54, 1.807) is 127 Å². The molecule has 0 aliphatic rings. The molecule has 117 heavy (non-hydrogen) atoms. The van der Waals surface area contributed by atoms with Gasteiger partial charge in [-0.1, -0.05) is 231 Å². The Balaban J connectivity index is 0.768. The Labute approximate surface area is 691 Å². The summed E-state index contributed by atoms with van der Waals surface area (Å²) in [6.45, 7) is 8.57. The van der Waals surface area contributed by atoms with Gasteiger partial charge in [-0.15, -0.1) is 0 Å². The molecule has 0 aliphatic carbocycles. The van der Waals surface area contributed by atoms with Crippen LogP contribution < -0.4 is 42.6 Å². The summed E-state index contributed by atoms with van der Waals surface area (Å²) in [5.74, 6) is -0.0158. The molecule has 0 saturated carbocycles. The molecule has 0 radical (unpaired) electrons. The smallest absolute Gasteiger partial charge is 0.343 e. The maximum absolute atomic E-state index is 13.8. The van der Waals surface area contributed by atoms with Gasteiger partial charge in [0.15, 0.2) is 0 Å². The molecule has 15 heteroatoms. The van der Waals surface area contributed by atoms with Crippen LogP contribution in [0.15, 0.2) is 237 Å². The third-order valence-electron chi connectivity index (χ3n) is 20.5. The number of rotatable bonds is 51. The van der Waals surface area contributed by atoms with Crippen molar-refractivity contribution in [2.75, 3.05) is 19.8 Å². The summed E-state index contributed by atoms with van der Waals surface area (Å²) in [5.41, 5.74) is 5.92. The molecule has 0 amide bonds. The van der Waals surface area contributed by atoms with E-state index in [-0.39, 0.29) is 51.2 Å². The lowest BCUT2D eigenvalue weighted by Gasteiger charge is -2.14. The first-order chi connectivity index (χ1) is 57.4. The van der Waals surface area contributed by atoms with Crippen molar-refractivity contribution in [1.82, 2.24) is 0 Å². The lowest BCUT2D eigenvalue weighted by molar-refractivity contribution is 0.0720. The van der Waals surface area contributed by atoms with Crippen molar-refractivity contribution in [3.05, 3.63) is 270 Å². The lowest BCUT2D eigenvalue weighted by atomic mass is 9.93. The van der Waals surface area contributed by atoms with Gasteiger partial charge in [-0.05, 0) is 253 Å². The van der Waals surface area contributed by atoms with Gasteiger partial charge in [0.1, 0.15) is 51.7 Å². The fourth-order valence-electron chi connectivity index (χ4n) is 13.7. The summed E-state index contributed by atoms with van der Waals surface area (Å²) in [5, 5.41) is 0. The quantitative estimate of drug-likeness (QED) is 0.0199. The minimum absolute atomic E-state index is 0.223. The van der Waals surface area contributed by atoms with Crippen molar-refractivity contribution in [2.24, 2.45) is 0 Å². The van der Waals surface area contributed by atoms with E-state index in [2.05, 4.69) is 20.8 Å². The highest BCUT2D eigenvalue weighted by Gasteiger charge is 2.20. The second-order valence-electron chi connectivity index (χ2n) is 30.0. The number of ether oxygens (including phenoxy) is 9. The van der Waals surface area contributed by atoms with Gasteiger partial charge < -0.3 is 42.6 Å². The lowest BCUT2D eigenvalue weighted by Crippen LogP contribution is -2.10. The number of hydrogen-bond acceptors (Lipinski definition) is 15. The number of unbranched alkanes of at least 4 members (excludes halogenated alkanes) is 27. The van der Waals surface area contributed by atoms with Crippen molar-refractivity contribution in [1.29, 1.82) is 0 Å². The first kappa shape index (κ1) is 87.8. The summed E-state index contributed by atoms with van der Waals surface area (Å²) in [6, 6.07) is 66.2. The largest absolute Gasteiger partial charge is 0.494 e. The molecule has 0 fully saturated rings. The van der Waals surface area contributed by atoms with Crippen LogP contribution in [0.1, 0.15) is 276 Å². The minimum atomic E-state index is -0.640. The van der Waals surface area contributed by atoms with Gasteiger partial charge in [0, 0.05) is 0 Å². The topological polar surface area (TPSA) is 185 Å². The molecular weight excluding hydrogens is 1470 g/mol. The SMILES string of the molecule is CCCCCCCCCCCCOc1ccc(C(=O)Oc2ccc(C(=O)Oc3cccc(-c4cc(-c5cccc(OC(=O)c6ccc(OC(=O)c7ccc(OCCCCCCCCCCCC)cc7)cc6)c5)cc(-c5cccc(OC(=O)c6ccc(OC(=O)c7ccc(OCCCCCCCCCCCC)cc7)cc6)c5)c4)c3)cc2)cc1. The summed E-state index contributed by atoms with van der Waals surface area (Å²) in [6.07, 6.45) is 37.3. The van der Waals surface area contributed by atoms with E-state index in [1.165, 1.54) is 227 Å². The molecular formula is C102H114O15. The zero-order valence-electron chi connectivity index (χ0n) is 68.5. The van der Waals surface area contributed by atoms with Gasteiger partial charge in [-0.2, -0.15) is 0 Å². The summed E-state index contributed by atoms with van der Waals surface area (Å²) < 4.78 is 52.9. The molecule has 0 aliphatic heterocycles. The Morgan fingerprint density at radius 3 is 0.564 bits per heavy atom. The standard InChI is InChI=1S/C102H114O15/c1-4-7-10-13-16-19-22-25-28-31-67-109-88-55-43-76(44-56-88)97(103)112-91-61-49-79(50-62-91)100(106)115-94-40-34-37-82(73-94)85-70-86(83-38-35-41-95(74-83)116-101(107)80-51-63-92(64-52-80)113-98(104)77-45-57-89(58-46-77)110-68-32-29-26-23-20-17-14-11-8-5-2)72-87(71-85)84-39-36-42-96(75-84)117-102(108)81-53-65-93(66-54-81)114-99(105)78-47-59-90(60-48-78)111-69-33-30-27-24-21-18-15-12-9-6-3/h34-66,70-75H,4-33,67-69H2,1-3H3.